The fourth-order valence-corrected chi connectivity index (χ4v) is 18.6. The van der Waals surface area contributed by atoms with Gasteiger partial charge in [0.05, 0.1) is 87.0 Å². The number of nitrogens with one attached hydrogen (secondary N) is 3. The number of unbranched alkanes of at least 4 members (excludes halogenated alkanes) is 1. The quantitative estimate of drug-likeness (QED) is 0.0109. The molecule has 4 aliphatic rings. The lowest BCUT2D eigenvalue weighted by Crippen LogP contribution is -2.52. The molecule has 4 aromatic heterocycles. The smallest absolute Gasteiger partial charge is 0.294 e. The van der Waals surface area contributed by atoms with Gasteiger partial charge in [-0.15, -0.1) is 11.1 Å². The van der Waals surface area contributed by atoms with Gasteiger partial charge in [0, 0.05) is 155 Å². The molecule has 5 aromatic carbocycles. The Labute approximate surface area is 752 Å². The van der Waals surface area contributed by atoms with E-state index in [1.807, 2.05) is 49.4 Å². The number of nitrogens with two attached hydrogens (primary N) is 1. The molecule has 0 saturated carbocycles. The number of aliphatic hydroxyl groups excluding tert-OH is 1. The average Bonchev–Trinajstić information content (AvgIpc) is 0.797. The lowest BCUT2D eigenvalue weighted by Gasteiger charge is -2.43. The number of hydrogen-bond acceptors (Lipinski definition) is 25. The number of methoxy groups -OCH3 is 2. The van der Waals surface area contributed by atoms with Gasteiger partial charge < -0.3 is 65.0 Å². The number of aromatic nitrogens is 8. The van der Waals surface area contributed by atoms with E-state index in [0.29, 0.717) is 83.9 Å². The van der Waals surface area contributed by atoms with Gasteiger partial charge in [-0.2, -0.15) is 18.4 Å². The van der Waals surface area contributed by atoms with E-state index in [1.165, 1.54) is 80.9 Å². The van der Waals surface area contributed by atoms with Crippen LogP contribution in [0.15, 0.2) is 136 Å². The van der Waals surface area contributed by atoms with Crippen molar-refractivity contribution in [2.45, 2.75) is 122 Å². The number of aliphatic hydroxyl groups is 1. The molecular weight excluding hydrogens is 1790 g/mol. The molecule has 26 nitrogen and oxygen atoms in total. The molecule has 0 amide bonds. The maximum absolute atomic E-state index is 13.6. The summed E-state index contributed by atoms with van der Waals surface area (Å²) in [6, 6.07) is 27.1. The molecule has 0 bridgehead atoms. The summed E-state index contributed by atoms with van der Waals surface area (Å²) < 4.78 is 68.8. The molecule has 9 aromatic rings. The SMILES string of the molecule is CCCCO.COc1cc(N2CCC(N3CCN(C)CC3)CC2)c(C)cc1N.COc1cc(N2CCC(N3CCN(C)CC3)CC2)c(C)cc1Nc1ncc(Br)c(Nc2ccc(-c3cnc(C#C[Si](C)(C)C)cn3)cc2P(C)(C)=O)n1.C[Si](C)(C)C#Cc1cnc(-c2ccc(Nc3nc(Cl)ncc3Br)c(P(C)(C)=O)c2)cn1.Cc1ccc(S(=O)(=O)O)cc1. The van der Waals surface area contributed by atoms with Gasteiger partial charge in [0.15, 0.2) is 0 Å². The third-order valence-corrected chi connectivity index (χ3v) is 28.0. The van der Waals surface area contributed by atoms with Crippen LogP contribution >= 0.6 is 57.7 Å². The predicted molar refractivity (Wildman–Crippen MR) is 519 cm³/mol. The Balaban J connectivity index is 0.000000206. The number of halogens is 3. The number of rotatable bonds is 19. The number of hydrogen-bond donors (Lipinski definition) is 6. The molecule has 8 heterocycles. The third-order valence-electron chi connectivity index (χ3n) is 21.0. The fraction of sp³-hybridized carbons (Fsp3) is 0.438. The summed E-state index contributed by atoms with van der Waals surface area (Å²) in [7, 11) is -4.58. The summed E-state index contributed by atoms with van der Waals surface area (Å²) in [5, 5.41) is 19.5. The van der Waals surface area contributed by atoms with Crippen LogP contribution in [0.5, 0.6) is 11.5 Å². The number of aryl methyl sites for hydroxylation is 3. The number of nitrogens with zero attached hydrogens (tertiary/aromatic N) is 14. The van der Waals surface area contributed by atoms with Crippen molar-refractivity contribution < 1.29 is 36.7 Å². The van der Waals surface area contributed by atoms with Crippen LogP contribution in [0.25, 0.3) is 22.5 Å². The second-order valence-electron chi connectivity index (χ2n) is 34.0. The highest BCUT2D eigenvalue weighted by Gasteiger charge is 2.31. The van der Waals surface area contributed by atoms with E-state index in [-0.39, 0.29) is 10.2 Å². The number of piperidine rings is 2. The highest BCUT2D eigenvalue weighted by molar-refractivity contribution is 9.11. The summed E-state index contributed by atoms with van der Waals surface area (Å²) in [6.07, 6.45) is 16.9. The van der Waals surface area contributed by atoms with Gasteiger partial charge in [-0.3, -0.25) is 24.3 Å². The zero-order valence-corrected chi connectivity index (χ0v) is 82.8. The van der Waals surface area contributed by atoms with Crippen molar-refractivity contribution in [3.05, 3.63) is 164 Å². The molecule has 4 fully saturated rings. The zero-order chi connectivity index (χ0) is 89.7. The minimum Gasteiger partial charge on any atom is -0.495 e. The Morgan fingerprint density at radius 1 is 0.553 bits per heavy atom. The van der Waals surface area contributed by atoms with Crippen molar-refractivity contribution in [2.75, 3.05) is 172 Å². The summed E-state index contributed by atoms with van der Waals surface area (Å²) in [4.78, 5) is 50.7. The molecule has 0 atom stereocenters. The van der Waals surface area contributed by atoms with Gasteiger partial charge in [0.2, 0.25) is 11.2 Å². The fourth-order valence-electron chi connectivity index (χ4n) is 14.1. The molecule has 0 radical (unpaired) electrons. The molecule has 0 spiro atoms. The molecule has 7 N–H and O–H groups in total. The van der Waals surface area contributed by atoms with Crippen molar-refractivity contribution in [1.82, 2.24) is 59.5 Å². The van der Waals surface area contributed by atoms with Crippen LogP contribution in [-0.4, -0.2) is 246 Å². The van der Waals surface area contributed by atoms with E-state index < -0.39 is 40.5 Å². The van der Waals surface area contributed by atoms with Crippen molar-refractivity contribution in [2.24, 2.45) is 0 Å². The van der Waals surface area contributed by atoms with Crippen LogP contribution < -0.4 is 51.6 Å². The second-order valence-corrected chi connectivity index (χ2v) is 53.4. The van der Waals surface area contributed by atoms with E-state index in [9.17, 15) is 17.5 Å². The van der Waals surface area contributed by atoms with E-state index in [0.717, 1.165) is 116 Å². The molecule has 34 heteroatoms. The summed E-state index contributed by atoms with van der Waals surface area (Å²) in [5.41, 5.74) is 25.6. The first kappa shape index (κ1) is 98.6. The molecule has 123 heavy (non-hydrogen) atoms. The van der Waals surface area contributed by atoms with Crippen LogP contribution in [0.4, 0.5) is 51.7 Å². The molecule has 0 unspecified atom stereocenters. The lowest BCUT2D eigenvalue weighted by molar-refractivity contribution is 0.0982. The summed E-state index contributed by atoms with van der Waals surface area (Å²) in [6.45, 7) is 42.4. The third kappa shape index (κ3) is 30.0. The first-order valence-electron chi connectivity index (χ1n) is 41.3. The zero-order valence-electron chi connectivity index (χ0n) is 74.3. The maximum atomic E-state index is 13.6. The molecule has 660 valence electrons. The molecule has 4 aliphatic heterocycles. The van der Waals surface area contributed by atoms with Crippen molar-refractivity contribution >= 4 is 146 Å². The van der Waals surface area contributed by atoms with Gasteiger partial charge >= 0.3 is 0 Å². The Morgan fingerprint density at radius 2 is 0.984 bits per heavy atom. The van der Waals surface area contributed by atoms with Gasteiger partial charge in [-0.05, 0) is 197 Å². The van der Waals surface area contributed by atoms with Gasteiger partial charge in [-0.25, -0.2) is 19.9 Å². The minimum atomic E-state index is -4.02. The van der Waals surface area contributed by atoms with Crippen LogP contribution in [0, 0.1) is 43.7 Å². The number of piperazine rings is 2. The second kappa shape index (κ2) is 44.8. The van der Waals surface area contributed by atoms with Gasteiger partial charge in [0.1, 0.15) is 65.0 Å². The van der Waals surface area contributed by atoms with Crippen LogP contribution in [0.1, 0.15) is 73.5 Å². The molecule has 13 rings (SSSR count). The number of ether oxygens (including phenoxy) is 2. The van der Waals surface area contributed by atoms with E-state index in [2.05, 4.69) is 227 Å². The van der Waals surface area contributed by atoms with Crippen LogP contribution in [-0.2, 0) is 19.2 Å². The number of nitrogen functional groups attached to an aromatic ring is 1. The highest BCUT2D eigenvalue weighted by Crippen LogP contribution is 2.44. The van der Waals surface area contributed by atoms with Crippen LogP contribution in [0.3, 0.4) is 0 Å². The van der Waals surface area contributed by atoms with Crippen molar-refractivity contribution in [1.29, 1.82) is 0 Å². The monoisotopic (exact) mass is 1910 g/mol. The van der Waals surface area contributed by atoms with E-state index in [4.69, 9.17) is 41.5 Å². The van der Waals surface area contributed by atoms with Crippen molar-refractivity contribution in [3.8, 4) is 56.9 Å². The van der Waals surface area contributed by atoms with E-state index >= 15 is 0 Å². The first-order valence-corrected chi connectivity index (χ1v) is 56.9. The number of benzene rings is 5. The summed E-state index contributed by atoms with van der Waals surface area (Å²) in [5.74, 6) is 9.18. The van der Waals surface area contributed by atoms with E-state index in [1.54, 1.807) is 90.2 Å². The largest absolute Gasteiger partial charge is 0.495 e. The summed E-state index contributed by atoms with van der Waals surface area (Å²) >= 11 is 12.9. The Bertz CT molecular complexity index is 5410. The Morgan fingerprint density at radius 3 is 1.37 bits per heavy atom. The number of anilines is 9. The van der Waals surface area contributed by atoms with Gasteiger partial charge in [0.25, 0.3) is 10.1 Å². The Kier molecular flexibility index (Phi) is 35.9. The van der Waals surface area contributed by atoms with Crippen LogP contribution in [0.2, 0.25) is 44.6 Å². The molecule has 0 aliphatic carbocycles. The normalized spacial score (nSPS) is 15.3. The average molecular weight is 1920 g/mol. The lowest BCUT2D eigenvalue weighted by atomic mass is 10.0. The predicted octanol–water partition coefficient (Wildman–Crippen LogP) is 16.6. The maximum Gasteiger partial charge on any atom is 0.294 e. The molecule has 4 saturated heterocycles. The minimum absolute atomic E-state index is 0.0666. The van der Waals surface area contributed by atoms with Gasteiger partial charge in [-0.1, -0.05) is 94.3 Å². The highest BCUT2D eigenvalue weighted by atomic mass is 79.9. The number of likely N-dealkylation sites (N-methyl/N-ethyl adjacent to an activating group) is 2. The van der Waals surface area contributed by atoms with Crippen molar-refractivity contribution in [3.63, 3.8) is 0 Å². The molecular formula is C89H121Br2ClN18O8P2SSi2. The standard InChI is InChI=1S/C39H51BrN9O2PSi.C21H22BrClN5OPSi.C18H30N4O.C7H8O3S.C4H10O/c1-27-21-33(36(51-3)23-35(27)49-14-11-30(12-15-49)48-18-16-47(2)17-19-48)45-39-43-25-31(40)38(46-39)44-32-10-9-28(22-37(32)52(4,5)50)34-26-41-29(24-42-34)13-20-53(6,7)8;1-30(2,29)19-10-14(18-13-24-15(11-25-18)8-9-31(3,4)5)6-7-17(19)27-20-16(22)12-26-21(23)28-20;1-14-12-16(19)18(23-3)13-17(14)22-6-4-15(5-7-22)21-10-8-20(2)9-11-21;1-6-2-4-7(5-3-6)11(8,9)10;1-2-3-4-5/h9-10,21-26,30H,11-12,14-19H2,1-8H3,(H2,43,44,45,46);6-7,10-13H,1-5H3,(H,26,27,28);12-13,15H,4-11,19H2,1-3H3;2-5H,1H3,(H,8,9,10);5H,2-4H2,1H3. The first-order chi connectivity index (χ1) is 58.1. The topological polar surface area (TPSA) is 312 Å². The Hall–Kier alpha value is -8.21.